The van der Waals surface area contributed by atoms with Gasteiger partial charge in [-0.15, -0.1) is 11.3 Å². The molecule has 0 aliphatic rings. The molecule has 0 saturated heterocycles. The number of carbonyl (C=O) groups is 1. The Bertz CT molecular complexity index is 480. The van der Waals surface area contributed by atoms with Crippen molar-refractivity contribution in [2.24, 2.45) is 0 Å². The zero-order valence-corrected chi connectivity index (χ0v) is 10.2. The molecule has 1 aromatic heterocycles. The summed E-state index contributed by atoms with van der Waals surface area (Å²) in [4.78, 5) is 16.4. The fourth-order valence-electron chi connectivity index (χ4n) is 1.36. The number of nitrogens with one attached hydrogen (secondary N) is 1. The molecule has 0 saturated carbocycles. The third-order valence-electron chi connectivity index (χ3n) is 2.26. The lowest BCUT2D eigenvalue weighted by atomic mass is 10.2. The van der Waals surface area contributed by atoms with Crippen LogP contribution in [-0.2, 0) is 11.3 Å². The lowest BCUT2D eigenvalue weighted by Gasteiger charge is -2.05. The molecule has 1 N–H and O–H groups in total. The summed E-state index contributed by atoms with van der Waals surface area (Å²) in [6.07, 6.45) is 1.83. The molecule has 0 aliphatic heterocycles. The van der Waals surface area contributed by atoms with E-state index in [4.69, 9.17) is 0 Å². The number of esters is 1. The van der Waals surface area contributed by atoms with Gasteiger partial charge in [-0.05, 0) is 24.3 Å². The molecule has 0 amide bonds. The van der Waals surface area contributed by atoms with Crippen LogP contribution in [0.4, 0.5) is 5.69 Å². The SMILES string of the molecule is COC(=O)c1ccc(NCc2cncs2)cc1. The Labute approximate surface area is 103 Å². The molecule has 4 nitrogen and oxygen atoms in total. The molecule has 0 fully saturated rings. The monoisotopic (exact) mass is 248 g/mol. The van der Waals surface area contributed by atoms with Crippen molar-refractivity contribution in [1.82, 2.24) is 4.98 Å². The number of anilines is 1. The average molecular weight is 248 g/mol. The number of aromatic nitrogens is 1. The number of hydrogen-bond acceptors (Lipinski definition) is 5. The molecule has 0 radical (unpaired) electrons. The molecule has 0 bridgehead atoms. The third-order valence-corrected chi connectivity index (χ3v) is 3.04. The maximum atomic E-state index is 11.2. The molecular formula is C12H12N2O2S. The van der Waals surface area contributed by atoms with Gasteiger partial charge in [0.05, 0.1) is 24.7 Å². The van der Waals surface area contributed by atoms with E-state index >= 15 is 0 Å². The number of thiazole rings is 1. The van der Waals surface area contributed by atoms with Crippen LogP contribution in [0.3, 0.4) is 0 Å². The van der Waals surface area contributed by atoms with Crippen molar-refractivity contribution in [3.05, 3.63) is 46.4 Å². The van der Waals surface area contributed by atoms with E-state index in [1.807, 2.05) is 18.3 Å². The van der Waals surface area contributed by atoms with Crippen molar-refractivity contribution >= 4 is 23.0 Å². The smallest absolute Gasteiger partial charge is 0.337 e. The van der Waals surface area contributed by atoms with Crippen LogP contribution in [0.2, 0.25) is 0 Å². The number of nitrogens with zero attached hydrogens (tertiary/aromatic N) is 1. The van der Waals surface area contributed by atoms with Crippen molar-refractivity contribution in [3.63, 3.8) is 0 Å². The first-order valence-electron chi connectivity index (χ1n) is 5.09. The van der Waals surface area contributed by atoms with Crippen LogP contribution in [0, 0.1) is 0 Å². The number of carbonyl (C=O) groups excluding carboxylic acids is 1. The zero-order chi connectivity index (χ0) is 12.1. The first kappa shape index (κ1) is 11.6. The molecule has 17 heavy (non-hydrogen) atoms. The van der Waals surface area contributed by atoms with Gasteiger partial charge in [0.15, 0.2) is 0 Å². The van der Waals surface area contributed by atoms with E-state index in [0.717, 1.165) is 12.2 Å². The predicted octanol–water partition coefficient (Wildman–Crippen LogP) is 2.54. The van der Waals surface area contributed by atoms with Gasteiger partial charge >= 0.3 is 5.97 Å². The van der Waals surface area contributed by atoms with Crippen molar-refractivity contribution in [2.75, 3.05) is 12.4 Å². The number of hydrogen-bond donors (Lipinski definition) is 1. The number of rotatable bonds is 4. The van der Waals surface area contributed by atoms with Crippen LogP contribution in [-0.4, -0.2) is 18.1 Å². The highest BCUT2D eigenvalue weighted by Gasteiger charge is 2.04. The molecule has 5 heteroatoms. The second kappa shape index (κ2) is 5.45. The van der Waals surface area contributed by atoms with Gasteiger partial charge in [0.25, 0.3) is 0 Å². The highest BCUT2D eigenvalue weighted by atomic mass is 32.1. The molecule has 0 spiro atoms. The van der Waals surface area contributed by atoms with Crippen LogP contribution in [0.5, 0.6) is 0 Å². The second-order valence-corrected chi connectivity index (χ2v) is 4.36. The van der Waals surface area contributed by atoms with Gasteiger partial charge in [0, 0.05) is 16.8 Å². The van der Waals surface area contributed by atoms with E-state index in [-0.39, 0.29) is 5.97 Å². The van der Waals surface area contributed by atoms with Crippen molar-refractivity contribution in [1.29, 1.82) is 0 Å². The molecular weight excluding hydrogens is 236 g/mol. The van der Waals surface area contributed by atoms with Crippen LogP contribution < -0.4 is 5.32 Å². The van der Waals surface area contributed by atoms with Gasteiger partial charge in [-0.3, -0.25) is 4.98 Å². The summed E-state index contributed by atoms with van der Waals surface area (Å²) >= 11 is 1.61. The van der Waals surface area contributed by atoms with Gasteiger partial charge < -0.3 is 10.1 Å². The standard InChI is InChI=1S/C12H12N2O2S/c1-16-12(15)9-2-4-10(5-3-9)14-7-11-6-13-8-17-11/h2-6,8,14H,7H2,1H3. The zero-order valence-electron chi connectivity index (χ0n) is 9.34. The number of methoxy groups -OCH3 is 1. The van der Waals surface area contributed by atoms with Crippen LogP contribution in [0.1, 0.15) is 15.2 Å². The summed E-state index contributed by atoms with van der Waals surface area (Å²) < 4.78 is 4.63. The Kier molecular flexibility index (Phi) is 3.72. The van der Waals surface area contributed by atoms with Crippen LogP contribution in [0.15, 0.2) is 36.0 Å². The van der Waals surface area contributed by atoms with Crippen LogP contribution >= 0.6 is 11.3 Å². The molecule has 88 valence electrons. The quantitative estimate of drug-likeness (QED) is 0.845. The van der Waals surface area contributed by atoms with Gasteiger partial charge in [0.1, 0.15) is 0 Å². The number of benzene rings is 1. The van der Waals surface area contributed by atoms with E-state index in [9.17, 15) is 4.79 Å². The van der Waals surface area contributed by atoms with Gasteiger partial charge in [-0.2, -0.15) is 0 Å². The molecule has 0 atom stereocenters. The minimum atomic E-state index is -0.320. The minimum Gasteiger partial charge on any atom is -0.465 e. The van der Waals surface area contributed by atoms with Gasteiger partial charge in [-0.25, -0.2) is 4.79 Å². The molecule has 0 aliphatic carbocycles. The lowest BCUT2D eigenvalue weighted by Crippen LogP contribution is -2.02. The number of ether oxygens (including phenoxy) is 1. The van der Waals surface area contributed by atoms with Crippen LogP contribution in [0.25, 0.3) is 0 Å². The Balaban J connectivity index is 1.96. The van der Waals surface area contributed by atoms with E-state index in [0.29, 0.717) is 5.56 Å². The highest BCUT2D eigenvalue weighted by Crippen LogP contribution is 2.13. The van der Waals surface area contributed by atoms with Gasteiger partial charge in [-0.1, -0.05) is 0 Å². The average Bonchev–Trinajstić information content (AvgIpc) is 2.89. The first-order valence-corrected chi connectivity index (χ1v) is 5.97. The molecule has 2 rings (SSSR count). The van der Waals surface area contributed by atoms with E-state index in [1.54, 1.807) is 29.0 Å². The second-order valence-electron chi connectivity index (χ2n) is 3.39. The summed E-state index contributed by atoms with van der Waals surface area (Å²) in [5.41, 5.74) is 3.32. The Morgan fingerprint density at radius 3 is 2.76 bits per heavy atom. The van der Waals surface area contributed by atoms with Crippen molar-refractivity contribution < 1.29 is 9.53 Å². The van der Waals surface area contributed by atoms with E-state index in [2.05, 4.69) is 15.0 Å². The maximum Gasteiger partial charge on any atom is 0.337 e. The normalized spacial score (nSPS) is 9.94. The lowest BCUT2D eigenvalue weighted by molar-refractivity contribution is 0.0601. The molecule has 1 aromatic carbocycles. The summed E-state index contributed by atoms with van der Waals surface area (Å²) in [7, 11) is 1.37. The highest BCUT2D eigenvalue weighted by molar-refractivity contribution is 7.09. The van der Waals surface area contributed by atoms with Crippen molar-refractivity contribution in [3.8, 4) is 0 Å². The minimum absolute atomic E-state index is 0.320. The maximum absolute atomic E-state index is 11.2. The summed E-state index contributed by atoms with van der Waals surface area (Å²) in [5, 5.41) is 3.25. The Morgan fingerprint density at radius 2 is 2.18 bits per heavy atom. The van der Waals surface area contributed by atoms with E-state index in [1.165, 1.54) is 12.0 Å². The fourth-order valence-corrected chi connectivity index (χ4v) is 1.89. The summed E-state index contributed by atoms with van der Waals surface area (Å²) in [6, 6.07) is 7.18. The Hall–Kier alpha value is -1.88. The van der Waals surface area contributed by atoms with Crippen molar-refractivity contribution in [2.45, 2.75) is 6.54 Å². The first-order chi connectivity index (χ1) is 8.29. The summed E-state index contributed by atoms with van der Waals surface area (Å²) in [6.45, 7) is 0.738. The summed E-state index contributed by atoms with van der Waals surface area (Å²) in [5.74, 6) is -0.320. The van der Waals surface area contributed by atoms with E-state index < -0.39 is 0 Å². The van der Waals surface area contributed by atoms with Gasteiger partial charge in [0.2, 0.25) is 0 Å². The third kappa shape index (κ3) is 3.04. The largest absolute Gasteiger partial charge is 0.465 e. The molecule has 0 unspecified atom stereocenters. The Morgan fingerprint density at radius 1 is 1.41 bits per heavy atom. The fraction of sp³-hybridized carbons (Fsp3) is 0.167. The molecule has 1 heterocycles. The topological polar surface area (TPSA) is 51.2 Å². The molecule has 2 aromatic rings. The predicted molar refractivity (Wildman–Crippen MR) is 67.2 cm³/mol.